The fourth-order valence-corrected chi connectivity index (χ4v) is 5.45. The molecule has 2 unspecified atom stereocenters. The predicted octanol–water partition coefficient (Wildman–Crippen LogP) is 4.90. The molecule has 0 bridgehead atoms. The zero-order chi connectivity index (χ0) is 40.8. The van der Waals surface area contributed by atoms with Gasteiger partial charge in [-0.25, -0.2) is 65.6 Å². The first-order valence-electron chi connectivity index (χ1n) is 15.2. The van der Waals surface area contributed by atoms with Gasteiger partial charge in [-0.2, -0.15) is 10.2 Å². The first-order chi connectivity index (χ1) is 26.2. The molecule has 55 heavy (non-hydrogen) atoms. The molecule has 0 radical (unpaired) electrons. The third-order valence-corrected chi connectivity index (χ3v) is 8.18. The maximum absolute atomic E-state index is 14.4. The molecule has 2 aromatic carbocycles. The number of aromatic nitrogens is 10. The van der Waals surface area contributed by atoms with Gasteiger partial charge in [0, 0.05) is 72.3 Å². The van der Waals surface area contributed by atoms with Crippen LogP contribution in [0.25, 0.3) is 0 Å². The Morgan fingerprint density at radius 3 is 1.27 bits per heavy atom. The molecule has 0 saturated heterocycles. The predicted molar refractivity (Wildman–Crippen MR) is 217 cm³/mol. The van der Waals surface area contributed by atoms with Crippen molar-refractivity contribution in [2.45, 2.75) is 50.0 Å². The van der Waals surface area contributed by atoms with Crippen LogP contribution in [0.4, 0.5) is 26.3 Å². The zero-order valence-electron chi connectivity index (χ0n) is 28.2. The van der Waals surface area contributed by atoms with E-state index in [0.717, 1.165) is 49.3 Å². The number of rotatable bonds is 10. The van der Waals surface area contributed by atoms with Gasteiger partial charge in [-0.1, -0.05) is 26.0 Å². The van der Waals surface area contributed by atoms with Gasteiger partial charge in [-0.3, -0.25) is 0 Å². The van der Waals surface area contributed by atoms with Crippen molar-refractivity contribution in [1.29, 1.82) is 0 Å². The second-order valence-corrected chi connectivity index (χ2v) is 27.5. The fourth-order valence-electron chi connectivity index (χ4n) is 5.45. The van der Waals surface area contributed by atoms with Crippen LogP contribution in [-0.4, -0.2) is 59.7 Å². The molecule has 23 heteroatoms. The molecule has 0 aliphatic carbocycles. The number of hydrogen-bond acceptors (Lipinski definition) is 10. The number of nitrogens with zero attached hydrogens (tertiary/aromatic N) is 10. The molecule has 4 atom stereocenters. The molecule has 0 aliphatic heterocycles. The molecule has 0 fully saturated rings. The van der Waals surface area contributed by atoms with Gasteiger partial charge in [0.2, 0.25) is 0 Å². The van der Waals surface area contributed by atoms with E-state index in [9.17, 15) is 36.6 Å². The van der Waals surface area contributed by atoms with E-state index in [1.807, 2.05) is 0 Å². The van der Waals surface area contributed by atoms with Gasteiger partial charge >= 0.3 is 50.5 Å². The van der Waals surface area contributed by atoms with E-state index in [0.29, 0.717) is 25.4 Å². The van der Waals surface area contributed by atoms with Crippen LogP contribution < -0.4 is 13.3 Å². The van der Waals surface area contributed by atoms with E-state index in [4.69, 9.17) is 0 Å². The fraction of sp³-hybridized carbons (Fsp3) is 0.250. The Morgan fingerprint density at radius 2 is 0.982 bits per heavy atom. The van der Waals surface area contributed by atoms with Crippen molar-refractivity contribution in [2.75, 3.05) is 0 Å². The van der Waals surface area contributed by atoms with Gasteiger partial charge in [0.15, 0.2) is 11.6 Å². The van der Waals surface area contributed by atoms with Crippen LogP contribution in [0.1, 0.15) is 48.2 Å². The van der Waals surface area contributed by atoms with Crippen LogP contribution in [0, 0.1) is 34.9 Å². The van der Waals surface area contributed by atoms with Crippen LogP contribution in [0.5, 0.6) is 0 Å². The Hall–Kier alpha value is -1.97. The molecule has 0 aliphatic rings. The number of halogens is 11. The summed E-state index contributed by atoms with van der Waals surface area (Å²) in [5.74, 6) is -6.94. The topological polar surface area (TPSA) is 153 Å². The molecule has 6 rings (SSSR count). The van der Waals surface area contributed by atoms with E-state index in [1.54, 1.807) is 0 Å². The van der Waals surface area contributed by atoms with Crippen molar-refractivity contribution in [3.8, 4) is 0 Å². The molecular formula is C32H28F6I5N10O2-. The molecule has 296 valence electrons. The van der Waals surface area contributed by atoms with Crippen molar-refractivity contribution in [3.63, 3.8) is 0 Å². The van der Waals surface area contributed by atoms with Gasteiger partial charge in [-0.15, -0.1) is 0 Å². The van der Waals surface area contributed by atoms with Crippen molar-refractivity contribution in [2.24, 2.45) is 0 Å². The maximum atomic E-state index is 14.4. The van der Waals surface area contributed by atoms with E-state index in [-0.39, 0.29) is 35.6 Å². The van der Waals surface area contributed by atoms with Gasteiger partial charge in [-0.05, 0) is 12.1 Å². The zero-order valence-corrected chi connectivity index (χ0v) is 39.0. The minimum absolute atomic E-state index is 0.0960. The Kier molecular flexibility index (Phi) is 19.7. The second kappa shape index (κ2) is 22.8. The van der Waals surface area contributed by atoms with E-state index < -0.39 is 57.9 Å². The Labute approximate surface area is 363 Å². The Morgan fingerprint density at radius 1 is 0.618 bits per heavy atom. The molecule has 12 nitrogen and oxygen atoms in total. The second-order valence-electron chi connectivity index (χ2n) is 11.3. The molecule has 4 heterocycles. The van der Waals surface area contributed by atoms with Crippen molar-refractivity contribution >= 4 is 74.5 Å². The summed E-state index contributed by atoms with van der Waals surface area (Å²) < 4.78 is 86.1. The van der Waals surface area contributed by atoms with Crippen LogP contribution in [0.15, 0.2) is 86.8 Å². The summed E-state index contributed by atoms with van der Waals surface area (Å²) in [4.78, 5) is 22.4. The Bertz CT molecular complexity index is 1930. The molecular weight excluding hydrogens is 1300 g/mol. The normalized spacial score (nSPS) is 14.1. The summed E-state index contributed by atoms with van der Waals surface area (Å²) >= 11 is 9.54. The summed E-state index contributed by atoms with van der Waals surface area (Å²) in [5, 5.41) is 30.4. The SMILES string of the molecule is CC(c1ncncc1F)C(O)(Cn1cncn1)c1ccc(F)cc1F.C[C@@H](c1ncncc1F)[C@](O)(Cn1cncn1)c1ccc(F)cc1F.II.I[I-]I. The average Bonchev–Trinajstić information content (AvgIpc) is 3.87. The summed E-state index contributed by atoms with van der Waals surface area (Å²) in [7, 11) is 0. The molecule has 2 N–H and O–H groups in total. The molecule has 0 saturated carbocycles. The average molecular weight is 1330 g/mol. The number of hydrogen-bond donors (Lipinski definition) is 2. The van der Waals surface area contributed by atoms with Crippen LogP contribution in [-0.2, 0) is 24.3 Å². The summed E-state index contributed by atoms with van der Waals surface area (Å²) in [6.45, 7) is 2.51. The van der Waals surface area contributed by atoms with Crippen molar-refractivity contribution < 1.29 is 49.8 Å². The van der Waals surface area contributed by atoms with E-state index in [1.165, 1.54) is 48.5 Å². The first kappa shape index (κ1) is 47.4. The van der Waals surface area contributed by atoms with Gasteiger partial charge in [0.25, 0.3) is 0 Å². The summed E-state index contributed by atoms with van der Waals surface area (Å²) in [5.41, 5.74) is -4.51. The summed E-state index contributed by atoms with van der Waals surface area (Å²) in [6.07, 6.45) is 9.32. The molecule has 0 amide bonds. The molecule has 4 aromatic heterocycles. The van der Waals surface area contributed by atoms with Crippen molar-refractivity contribution in [3.05, 3.63) is 144 Å². The van der Waals surface area contributed by atoms with Crippen molar-refractivity contribution in [1.82, 2.24) is 49.5 Å². The first-order valence-corrected chi connectivity index (χ1v) is 34.0. The molecule has 0 spiro atoms. The standard InChI is InChI=1S/2C16H14F3N5O.I3.I2/c2*1-10(15-14(19)5-20-7-22-15)16(25,6-24-9-21-8-23-24)12-3-2-11(17)4-13(12)18;1-3-2;1-2/h2*2-5,7-10,25H,6H2,1H3;;/q;;-1;/t10-,16+;;;/m0.../s1. The van der Waals surface area contributed by atoms with Gasteiger partial charge in [0.1, 0.15) is 72.4 Å². The van der Waals surface area contributed by atoms with E-state index >= 15 is 0 Å². The van der Waals surface area contributed by atoms with E-state index in [2.05, 4.69) is 115 Å². The van der Waals surface area contributed by atoms with Crippen LogP contribution in [0.3, 0.4) is 0 Å². The van der Waals surface area contributed by atoms with Crippen LogP contribution >= 0.6 is 74.5 Å². The quantitative estimate of drug-likeness (QED) is 0.143. The monoisotopic (exact) mass is 1330 g/mol. The summed E-state index contributed by atoms with van der Waals surface area (Å²) in [6, 6.07) is 5.60. The number of benzene rings is 2. The van der Waals surface area contributed by atoms with Gasteiger partial charge in [0.05, 0.1) is 36.9 Å². The minimum atomic E-state index is -1.96. The van der Waals surface area contributed by atoms with Crippen LogP contribution in [0.2, 0.25) is 0 Å². The molecule has 6 aromatic rings. The number of aliphatic hydroxyl groups is 2. The third-order valence-electron chi connectivity index (χ3n) is 8.18. The third kappa shape index (κ3) is 12.5. The van der Waals surface area contributed by atoms with Gasteiger partial charge < -0.3 is 10.2 Å². The Balaban J connectivity index is 0.000000265.